The van der Waals surface area contributed by atoms with E-state index < -0.39 is 6.36 Å². The lowest BCUT2D eigenvalue weighted by Crippen LogP contribution is -2.39. The molecule has 2 atom stereocenters. The zero-order valence-corrected chi connectivity index (χ0v) is 13.1. The predicted octanol–water partition coefficient (Wildman–Crippen LogP) is 2.97. The van der Waals surface area contributed by atoms with Crippen molar-refractivity contribution >= 4 is 18.3 Å². The Morgan fingerprint density at radius 3 is 2.43 bits per heavy atom. The lowest BCUT2D eigenvalue weighted by molar-refractivity contribution is -0.274. The van der Waals surface area contributed by atoms with Gasteiger partial charge in [0, 0.05) is 30.7 Å². The SMILES string of the molecule is Cl.O=C(c1ccc(OC(F)(F)F)cc1)N1CCC2CCC(C1)N2. The van der Waals surface area contributed by atoms with Gasteiger partial charge in [0.15, 0.2) is 0 Å². The smallest absolute Gasteiger partial charge is 0.406 e. The highest BCUT2D eigenvalue weighted by atomic mass is 35.5. The number of halogens is 4. The zero-order chi connectivity index (χ0) is 15.7. The lowest BCUT2D eigenvalue weighted by atomic mass is 10.1. The van der Waals surface area contributed by atoms with Crippen LogP contribution >= 0.6 is 12.4 Å². The first kappa shape index (κ1) is 17.9. The van der Waals surface area contributed by atoms with Crippen molar-refractivity contribution in [3.8, 4) is 5.75 Å². The minimum Gasteiger partial charge on any atom is -0.406 e. The molecule has 2 heterocycles. The van der Waals surface area contributed by atoms with Gasteiger partial charge in [0.25, 0.3) is 5.91 Å². The van der Waals surface area contributed by atoms with Gasteiger partial charge < -0.3 is 15.0 Å². The molecule has 0 radical (unpaired) electrons. The molecular weight excluding hydrogens is 333 g/mol. The summed E-state index contributed by atoms with van der Waals surface area (Å²) < 4.78 is 40.2. The van der Waals surface area contributed by atoms with Crippen LogP contribution in [0, 0.1) is 0 Å². The second kappa shape index (κ2) is 6.97. The zero-order valence-electron chi connectivity index (χ0n) is 12.3. The summed E-state index contributed by atoms with van der Waals surface area (Å²) in [6, 6.07) is 5.89. The molecule has 1 amide bonds. The van der Waals surface area contributed by atoms with Crippen molar-refractivity contribution in [1.82, 2.24) is 10.2 Å². The van der Waals surface area contributed by atoms with E-state index in [4.69, 9.17) is 0 Å². The van der Waals surface area contributed by atoms with Crippen LogP contribution in [-0.2, 0) is 0 Å². The summed E-state index contributed by atoms with van der Waals surface area (Å²) in [5.74, 6) is -0.464. The minimum atomic E-state index is -4.72. The van der Waals surface area contributed by atoms with E-state index in [1.54, 1.807) is 4.90 Å². The van der Waals surface area contributed by atoms with Crippen molar-refractivity contribution < 1.29 is 22.7 Å². The van der Waals surface area contributed by atoms with Crippen LogP contribution in [-0.4, -0.2) is 42.3 Å². The van der Waals surface area contributed by atoms with Crippen molar-refractivity contribution in [2.45, 2.75) is 37.7 Å². The van der Waals surface area contributed by atoms with Gasteiger partial charge in [-0.05, 0) is 43.5 Å². The standard InChI is InChI=1S/C15H17F3N2O2.ClH/c16-15(17,18)22-13-5-1-10(2-6-13)14(21)20-8-7-11-3-4-12(9-20)19-11;/h1-2,5-6,11-12,19H,3-4,7-9H2;1H. The minimum absolute atomic E-state index is 0. The van der Waals surface area contributed by atoms with Crippen LogP contribution in [0.2, 0.25) is 0 Å². The number of amides is 1. The van der Waals surface area contributed by atoms with E-state index in [-0.39, 0.29) is 24.1 Å². The molecule has 128 valence electrons. The van der Waals surface area contributed by atoms with Gasteiger partial charge in [-0.1, -0.05) is 0 Å². The molecule has 0 saturated carbocycles. The number of benzene rings is 1. The summed E-state index contributed by atoms with van der Waals surface area (Å²) >= 11 is 0. The second-order valence-electron chi connectivity index (χ2n) is 5.75. The molecule has 3 rings (SSSR count). The Labute approximate surface area is 138 Å². The second-order valence-corrected chi connectivity index (χ2v) is 5.75. The third-order valence-electron chi connectivity index (χ3n) is 4.15. The molecule has 0 aromatic heterocycles. The van der Waals surface area contributed by atoms with Crippen LogP contribution in [0.5, 0.6) is 5.75 Å². The number of rotatable bonds is 2. The summed E-state index contributed by atoms with van der Waals surface area (Å²) in [5, 5.41) is 3.49. The topological polar surface area (TPSA) is 41.6 Å². The van der Waals surface area contributed by atoms with Gasteiger partial charge in [-0.3, -0.25) is 4.79 Å². The first-order valence-electron chi connectivity index (χ1n) is 7.32. The van der Waals surface area contributed by atoms with Gasteiger partial charge in [-0.25, -0.2) is 0 Å². The number of hydrogen-bond acceptors (Lipinski definition) is 3. The molecule has 1 N–H and O–H groups in total. The van der Waals surface area contributed by atoms with E-state index in [1.807, 2.05) is 0 Å². The van der Waals surface area contributed by atoms with Crippen LogP contribution < -0.4 is 10.1 Å². The van der Waals surface area contributed by atoms with Gasteiger partial charge in [-0.2, -0.15) is 0 Å². The third kappa shape index (κ3) is 4.51. The van der Waals surface area contributed by atoms with Crippen molar-refractivity contribution in [2.75, 3.05) is 13.1 Å². The molecule has 2 aliphatic rings. The Morgan fingerprint density at radius 1 is 1.13 bits per heavy atom. The maximum absolute atomic E-state index is 12.5. The molecule has 8 heteroatoms. The highest BCUT2D eigenvalue weighted by Crippen LogP contribution is 2.24. The number of nitrogens with one attached hydrogen (secondary N) is 1. The fourth-order valence-electron chi connectivity index (χ4n) is 3.11. The van der Waals surface area contributed by atoms with Crippen LogP contribution in [0.1, 0.15) is 29.6 Å². The van der Waals surface area contributed by atoms with Gasteiger partial charge in [0.05, 0.1) is 0 Å². The largest absolute Gasteiger partial charge is 0.573 e. The van der Waals surface area contributed by atoms with E-state index >= 15 is 0 Å². The van der Waals surface area contributed by atoms with Gasteiger partial charge in [0.2, 0.25) is 0 Å². The van der Waals surface area contributed by atoms with Gasteiger partial charge in [-0.15, -0.1) is 25.6 Å². The summed E-state index contributed by atoms with van der Waals surface area (Å²) in [5.41, 5.74) is 0.382. The van der Waals surface area contributed by atoms with Crippen molar-refractivity contribution in [1.29, 1.82) is 0 Å². The summed E-state index contributed by atoms with van der Waals surface area (Å²) in [6.45, 7) is 1.32. The van der Waals surface area contributed by atoms with Gasteiger partial charge >= 0.3 is 6.36 Å². The highest BCUT2D eigenvalue weighted by Gasteiger charge is 2.32. The number of alkyl halides is 3. The monoisotopic (exact) mass is 350 g/mol. The molecule has 2 bridgehead atoms. The Bertz CT molecular complexity index is 551. The quantitative estimate of drug-likeness (QED) is 0.891. The Kier molecular flexibility index (Phi) is 5.41. The first-order valence-corrected chi connectivity index (χ1v) is 7.32. The van der Waals surface area contributed by atoms with Gasteiger partial charge in [0.1, 0.15) is 5.75 Å². The number of hydrogen-bond donors (Lipinski definition) is 1. The van der Waals surface area contributed by atoms with E-state index in [1.165, 1.54) is 24.3 Å². The summed E-state index contributed by atoms with van der Waals surface area (Å²) in [6.07, 6.45) is -1.60. The number of fused-ring (bicyclic) bond motifs is 2. The average molecular weight is 351 g/mol. The Balaban J connectivity index is 0.00000192. The van der Waals surface area contributed by atoms with E-state index in [2.05, 4.69) is 10.1 Å². The first-order chi connectivity index (χ1) is 10.4. The predicted molar refractivity (Wildman–Crippen MR) is 80.8 cm³/mol. The molecule has 2 aliphatic heterocycles. The molecule has 0 spiro atoms. The maximum atomic E-state index is 12.5. The van der Waals surface area contributed by atoms with Crippen molar-refractivity contribution in [2.24, 2.45) is 0 Å². The Morgan fingerprint density at radius 2 is 1.78 bits per heavy atom. The Hall–Kier alpha value is -1.47. The average Bonchev–Trinajstić information content (AvgIpc) is 2.77. The van der Waals surface area contributed by atoms with E-state index in [0.717, 1.165) is 19.3 Å². The molecular formula is C15H18ClF3N2O2. The summed E-state index contributed by atoms with van der Waals surface area (Å²) in [7, 11) is 0. The van der Waals surface area contributed by atoms with Crippen LogP contribution in [0.15, 0.2) is 24.3 Å². The molecule has 0 aliphatic carbocycles. The molecule has 23 heavy (non-hydrogen) atoms. The molecule has 2 unspecified atom stereocenters. The number of likely N-dealkylation sites (tertiary alicyclic amines) is 1. The fraction of sp³-hybridized carbons (Fsp3) is 0.533. The third-order valence-corrected chi connectivity index (χ3v) is 4.15. The van der Waals surface area contributed by atoms with E-state index in [9.17, 15) is 18.0 Å². The molecule has 1 aromatic rings. The number of nitrogens with zero attached hydrogens (tertiary/aromatic N) is 1. The molecule has 4 nitrogen and oxygen atoms in total. The molecule has 2 saturated heterocycles. The van der Waals surface area contributed by atoms with Crippen LogP contribution in [0.4, 0.5) is 13.2 Å². The maximum Gasteiger partial charge on any atom is 0.573 e. The number of carbonyl (C=O) groups is 1. The van der Waals surface area contributed by atoms with Crippen molar-refractivity contribution in [3.05, 3.63) is 29.8 Å². The number of carbonyl (C=O) groups excluding carboxylic acids is 1. The number of ether oxygens (including phenoxy) is 1. The lowest BCUT2D eigenvalue weighted by Gasteiger charge is -2.24. The van der Waals surface area contributed by atoms with E-state index in [0.29, 0.717) is 30.7 Å². The molecule has 2 fully saturated rings. The fourth-order valence-corrected chi connectivity index (χ4v) is 3.11. The molecule has 1 aromatic carbocycles. The highest BCUT2D eigenvalue weighted by molar-refractivity contribution is 5.94. The normalized spacial score (nSPS) is 23.9. The van der Waals surface area contributed by atoms with Crippen molar-refractivity contribution in [3.63, 3.8) is 0 Å². The summed E-state index contributed by atoms with van der Waals surface area (Å²) in [4.78, 5) is 14.2. The van der Waals surface area contributed by atoms with Crippen LogP contribution in [0.25, 0.3) is 0 Å². The van der Waals surface area contributed by atoms with Crippen LogP contribution in [0.3, 0.4) is 0 Å².